The van der Waals surface area contributed by atoms with Crippen molar-refractivity contribution >= 4 is 5.97 Å². The number of hydrogen-bond acceptors (Lipinski definition) is 2. The highest BCUT2D eigenvalue weighted by Crippen LogP contribution is 2.34. The molecule has 2 N–H and O–H groups in total. The Bertz CT molecular complexity index is 442. The predicted octanol–water partition coefficient (Wildman–Crippen LogP) is 4.27. The van der Waals surface area contributed by atoms with Crippen LogP contribution < -0.4 is 0 Å². The van der Waals surface area contributed by atoms with Crippen molar-refractivity contribution in [3.8, 4) is 0 Å². The van der Waals surface area contributed by atoms with Crippen molar-refractivity contribution in [1.29, 1.82) is 0 Å². The molecule has 1 rings (SSSR count). The maximum Gasteiger partial charge on any atom is 0.303 e. The topological polar surface area (TPSA) is 57.5 Å². The van der Waals surface area contributed by atoms with Gasteiger partial charge in [-0.25, -0.2) is 0 Å². The number of unbranched alkanes of at least 4 members (excludes halogenated alkanes) is 2. The monoisotopic (exact) mass is 292 g/mol. The second-order valence-corrected chi connectivity index (χ2v) is 5.79. The Morgan fingerprint density at radius 2 is 1.76 bits per heavy atom. The van der Waals surface area contributed by atoms with Crippen molar-refractivity contribution in [3.05, 3.63) is 35.4 Å². The maximum absolute atomic E-state index is 11.1. The van der Waals surface area contributed by atoms with Gasteiger partial charge in [0.2, 0.25) is 0 Å². The van der Waals surface area contributed by atoms with Crippen molar-refractivity contribution in [2.75, 3.05) is 0 Å². The van der Waals surface area contributed by atoms with Gasteiger partial charge in [0.25, 0.3) is 0 Å². The summed E-state index contributed by atoms with van der Waals surface area (Å²) in [6.07, 6.45) is 5.93. The minimum absolute atomic E-state index is 0.00231. The molecule has 1 aromatic rings. The first-order valence-corrected chi connectivity index (χ1v) is 8.06. The van der Waals surface area contributed by atoms with Gasteiger partial charge in [-0.2, -0.15) is 0 Å². The molecule has 0 fully saturated rings. The first-order valence-electron chi connectivity index (χ1n) is 8.06. The molecule has 118 valence electrons. The molecule has 0 bridgehead atoms. The normalized spacial score (nSPS) is 13.9. The van der Waals surface area contributed by atoms with Crippen LogP contribution in [0.2, 0.25) is 0 Å². The molecule has 1 atom stereocenters. The molecular formula is C18H28O3. The van der Waals surface area contributed by atoms with E-state index < -0.39 is 11.6 Å². The van der Waals surface area contributed by atoms with Crippen LogP contribution in [0, 0.1) is 0 Å². The van der Waals surface area contributed by atoms with Crippen LogP contribution in [0.1, 0.15) is 69.9 Å². The predicted molar refractivity (Wildman–Crippen MR) is 85.3 cm³/mol. The number of rotatable bonds is 10. The van der Waals surface area contributed by atoms with Crippen molar-refractivity contribution in [2.45, 2.75) is 70.8 Å². The van der Waals surface area contributed by atoms with Gasteiger partial charge in [-0.15, -0.1) is 0 Å². The highest BCUT2D eigenvalue weighted by molar-refractivity contribution is 5.66. The molecule has 1 aromatic carbocycles. The van der Waals surface area contributed by atoms with Gasteiger partial charge in [0.05, 0.1) is 5.60 Å². The number of benzene rings is 1. The Morgan fingerprint density at radius 1 is 1.10 bits per heavy atom. The Balaban J connectivity index is 3.03. The van der Waals surface area contributed by atoms with Crippen LogP contribution in [0.5, 0.6) is 0 Å². The number of aliphatic hydroxyl groups is 1. The fraction of sp³-hybridized carbons (Fsp3) is 0.611. The van der Waals surface area contributed by atoms with E-state index in [0.29, 0.717) is 6.42 Å². The zero-order valence-corrected chi connectivity index (χ0v) is 13.3. The van der Waals surface area contributed by atoms with Gasteiger partial charge in [-0.3, -0.25) is 4.79 Å². The van der Waals surface area contributed by atoms with Gasteiger partial charge in [0.15, 0.2) is 0 Å². The van der Waals surface area contributed by atoms with Gasteiger partial charge in [-0.1, -0.05) is 57.4 Å². The summed E-state index contributed by atoms with van der Waals surface area (Å²) in [6, 6.07) is 7.94. The van der Waals surface area contributed by atoms with Crippen LogP contribution in [0.3, 0.4) is 0 Å². The third-order valence-corrected chi connectivity index (χ3v) is 4.01. The summed E-state index contributed by atoms with van der Waals surface area (Å²) in [5.74, 6) is -0.851. The van der Waals surface area contributed by atoms with E-state index in [9.17, 15) is 9.90 Å². The molecule has 0 aliphatic carbocycles. The Labute approximate surface area is 128 Å². The second kappa shape index (κ2) is 8.83. The molecule has 0 amide bonds. The largest absolute Gasteiger partial charge is 0.481 e. The number of carboxylic acids is 1. The van der Waals surface area contributed by atoms with Gasteiger partial charge in [0.1, 0.15) is 0 Å². The number of aliphatic carboxylic acids is 1. The standard InChI is InChI=1S/C18H28O3/c1-3-5-9-15-10-7-8-11-16(15)18(21,13-6-4-2)14-12-17(19)20/h7-8,10-11,21H,3-6,9,12-14H2,1-2H3,(H,19,20). The summed E-state index contributed by atoms with van der Waals surface area (Å²) in [4.78, 5) is 10.9. The van der Waals surface area contributed by atoms with Crippen molar-refractivity contribution in [2.24, 2.45) is 0 Å². The zero-order chi connectivity index (χ0) is 15.7. The van der Waals surface area contributed by atoms with E-state index in [-0.39, 0.29) is 12.8 Å². The van der Waals surface area contributed by atoms with Crippen LogP contribution in [0.4, 0.5) is 0 Å². The number of carbonyl (C=O) groups is 1. The molecule has 0 saturated heterocycles. The number of carboxylic acid groups (broad SMARTS) is 1. The van der Waals surface area contributed by atoms with Crippen molar-refractivity contribution in [1.82, 2.24) is 0 Å². The van der Waals surface area contributed by atoms with Gasteiger partial charge in [-0.05, 0) is 36.8 Å². The Morgan fingerprint density at radius 3 is 2.38 bits per heavy atom. The van der Waals surface area contributed by atoms with Crippen molar-refractivity contribution < 1.29 is 15.0 Å². The second-order valence-electron chi connectivity index (χ2n) is 5.79. The number of aryl methyl sites for hydroxylation is 1. The fourth-order valence-electron chi connectivity index (χ4n) is 2.74. The molecule has 21 heavy (non-hydrogen) atoms. The molecule has 1 unspecified atom stereocenters. The molecule has 0 aliphatic rings. The molecule has 0 aromatic heterocycles. The summed E-state index contributed by atoms with van der Waals surface area (Å²) < 4.78 is 0. The van der Waals surface area contributed by atoms with Gasteiger partial charge >= 0.3 is 5.97 Å². The molecule has 0 aliphatic heterocycles. The van der Waals surface area contributed by atoms with Crippen molar-refractivity contribution in [3.63, 3.8) is 0 Å². The third-order valence-electron chi connectivity index (χ3n) is 4.01. The molecule has 3 heteroatoms. The van der Waals surface area contributed by atoms with E-state index in [2.05, 4.69) is 19.9 Å². The highest BCUT2D eigenvalue weighted by Gasteiger charge is 2.31. The molecule has 0 heterocycles. The molecule has 0 spiro atoms. The minimum Gasteiger partial charge on any atom is -0.481 e. The molecule has 0 radical (unpaired) electrons. The van der Waals surface area contributed by atoms with Gasteiger partial charge < -0.3 is 10.2 Å². The quantitative estimate of drug-likeness (QED) is 0.677. The van der Waals surface area contributed by atoms with E-state index >= 15 is 0 Å². The van der Waals surface area contributed by atoms with E-state index in [1.54, 1.807) is 0 Å². The first-order chi connectivity index (χ1) is 10.0. The lowest BCUT2D eigenvalue weighted by atomic mass is 9.81. The average molecular weight is 292 g/mol. The lowest BCUT2D eigenvalue weighted by Gasteiger charge is -2.30. The summed E-state index contributed by atoms with van der Waals surface area (Å²) in [5.41, 5.74) is 1.06. The fourth-order valence-corrected chi connectivity index (χ4v) is 2.74. The molecule has 3 nitrogen and oxygen atoms in total. The summed E-state index contributed by atoms with van der Waals surface area (Å²) in [5, 5.41) is 20.0. The molecular weight excluding hydrogens is 264 g/mol. The SMILES string of the molecule is CCCCc1ccccc1C(O)(CCCC)CCC(=O)O. The van der Waals surface area contributed by atoms with Crippen LogP contribution in [0.25, 0.3) is 0 Å². The van der Waals surface area contributed by atoms with Crippen LogP contribution in [-0.2, 0) is 16.8 Å². The Hall–Kier alpha value is -1.35. The lowest BCUT2D eigenvalue weighted by Crippen LogP contribution is -2.28. The minimum atomic E-state index is -1.02. The van der Waals surface area contributed by atoms with Crippen LogP contribution >= 0.6 is 0 Å². The van der Waals surface area contributed by atoms with Crippen LogP contribution in [-0.4, -0.2) is 16.2 Å². The first kappa shape index (κ1) is 17.7. The summed E-state index contributed by atoms with van der Waals surface area (Å²) in [7, 11) is 0. The molecule has 0 saturated carbocycles. The lowest BCUT2D eigenvalue weighted by molar-refractivity contribution is -0.138. The third kappa shape index (κ3) is 5.50. The average Bonchev–Trinajstić information content (AvgIpc) is 2.49. The smallest absolute Gasteiger partial charge is 0.303 e. The Kier molecular flexibility index (Phi) is 7.44. The van der Waals surface area contributed by atoms with E-state index in [1.165, 1.54) is 0 Å². The van der Waals surface area contributed by atoms with E-state index in [4.69, 9.17) is 5.11 Å². The number of hydrogen-bond donors (Lipinski definition) is 2. The van der Waals surface area contributed by atoms with Crippen LogP contribution in [0.15, 0.2) is 24.3 Å². The maximum atomic E-state index is 11.1. The van der Waals surface area contributed by atoms with Gasteiger partial charge in [0, 0.05) is 6.42 Å². The highest BCUT2D eigenvalue weighted by atomic mass is 16.4. The summed E-state index contributed by atoms with van der Waals surface area (Å²) in [6.45, 7) is 4.23. The zero-order valence-electron chi connectivity index (χ0n) is 13.3. The van der Waals surface area contributed by atoms with E-state index in [0.717, 1.165) is 43.2 Å². The van der Waals surface area contributed by atoms with E-state index in [1.807, 2.05) is 18.2 Å². The summed E-state index contributed by atoms with van der Waals surface area (Å²) >= 11 is 0.